The molecule has 0 radical (unpaired) electrons. The molecule has 0 amide bonds. The van der Waals surface area contributed by atoms with E-state index in [2.05, 4.69) is 27.7 Å². The van der Waals surface area contributed by atoms with Crippen LogP contribution in [0, 0.1) is 35.5 Å². The van der Waals surface area contributed by atoms with Gasteiger partial charge in [-0.2, -0.15) is 0 Å². The fraction of sp³-hybridized carbons (Fsp3) is 0.929. The predicted molar refractivity (Wildman–Crippen MR) is 133 cm³/mol. The van der Waals surface area contributed by atoms with Gasteiger partial charge in [0.1, 0.15) is 0 Å². The Morgan fingerprint density at radius 2 is 1.03 bits per heavy atom. The lowest BCUT2D eigenvalue weighted by atomic mass is 9.76. The maximum Gasteiger partial charge on any atom is 0.311 e. The van der Waals surface area contributed by atoms with Crippen molar-refractivity contribution in [1.82, 2.24) is 0 Å². The van der Waals surface area contributed by atoms with Crippen molar-refractivity contribution in [2.45, 2.75) is 118 Å². The second-order valence-electron chi connectivity index (χ2n) is 11.2. The molecule has 6 atom stereocenters. The Kier molecular flexibility index (Phi) is 12.9. The minimum absolute atomic E-state index is 0.00895. The van der Waals surface area contributed by atoms with Gasteiger partial charge in [-0.15, -0.1) is 0 Å². The molecule has 0 heterocycles. The molecule has 6 heteroatoms. The molecule has 0 N–H and O–H groups in total. The Bertz CT molecular complexity index is 552. The van der Waals surface area contributed by atoms with Gasteiger partial charge in [0.05, 0.1) is 25.0 Å². The van der Waals surface area contributed by atoms with Gasteiger partial charge in [-0.25, -0.2) is 0 Å². The van der Waals surface area contributed by atoms with Gasteiger partial charge < -0.3 is 18.9 Å². The minimum atomic E-state index is -0.530. The van der Waals surface area contributed by atoms with E-state index in [0.717, 1.165) is 51.4 Å². The van der Waals surface area contributed by atoms with Crippen LogP contribution in [0.5, 0.6) is 0 Å². The molecule has 0 aromatic carbocycles. The first-order valence-corrected chi connectivity index (χ1v) is 13.8. The highest BCUT2D eigenvalue weighted by atomic mass is 16.7. The van der Waals surface area contributed by atoms with E-state index in [1.807, 2.05) is 0 Å². The monoisotopic (exact) mass is 482 g/mol. The average molecular weight is 483 g/mol. The third-order valence-electron chi connectivity index (χ3n) is 7.79. The summed E-state index contributed by atoms with van der Waals surface area (Å²) in [6, 6.07) is 0. The molecule has 2 saturated carbocycles. The lowest BCUT2D eigenvalue weighted by molar-refractivity contribution is -0.185. The summed E-state index contributed by atoms with van der Waals surface area (Å²) >= 11 is 0. The molecule has 0 saturated heterocycles. The highest BCUT2D eigenvalue weighted by Gasteiger charge is 2.31. The van der Waals surface area contributed by atoms with Crippen LogP contribution in [0.15, 0.2) is 0 Å². The first kappa shape index (κ1) is 29.1. The van der Waals surface area contributed by atoms with Gasteiger partial charge in [-0.05, 0) is 76.0 Å². The van der Waals surface area contributed by atoms with Crippen LogP contribution in [0.1, 0.15) is 106 Å². The van der Waals surface area contributed by atoms with E-state index in [0.29, 0.717) is 36.9 Å². The van der Waals surface area contributed by atoms with Crippen molar-refractivity contribution in [1.29, 1.82) is 0 Å². The van der Waals surface area contributed by atoms with Gasteiger partial charge in [0.25, 0.3) is 0 Å². The maximum absolute atomic E-state index is 12.5. The molecule has 2 aliphatic rings. The van der Waals surface area contributed by atoms with Crippen LogP contribution in [0.2, 0.25) is 0 Å². The van der Waals surface area contributed by atoms with Crippen LogP contribution in [0.25, 0.3) is 0 Å². The summed E-state index contributed by atoms with van der Waals surface area (Å²) in [7, 11) is 0. The van der Waals surface area contributed by atoms with Crippen LogP contribution < -0.4 is 0 Å². The van der Waals surface area contributed by atoms with Gasteiger partial charge in [0.15, 0.2) is 12.6 Å². The van der Waals surface area contributed by atoms with Crippen LogP contribution >= 0.6 is 0 Å². The van der Waals surface area contributed by atoms with Crippen molar-refractivity contribution in [2.75, 3.05) is 13.2 Å². The molecule has 2 aliphatic carbocycles. The van der Waals surface area contributed by atoms with Gasteiger partial charge in [0.2, 0.25) is 0 Å². The molecule has 0 aliphatic heterocycles. The normalized spacial score (nSPS) is 27.4. The number of hydrogen-bond acceptors (Lipinski definition) is 6. The molecule has 0 aromatic rings. The molecule has 6 nitrogen and oxygen atoms in total. The van der Waals surface area contributed by atoms with E-state index in [4.69, 9.17) is 18.9 Å². The zero-order valence-corrected chi connectivity index (χ0v) is 22.6. The Balaban J connectivity index is 1.53. The Labute approximate surface area is 207 Å². The second-order valence-corrected chi connectivity index (χ2v) is 11.2. The maximum atomic E-state index is 12.5. The van der Waals surface area contributed by atoms with Crippen LogP contribution in [-0.4, -0.2) is 37.7 Å². The van der Waals surface area contributed by atoms with E-state index in [1.165, 1.54) is 12.8 Å². The molecular formula is C28H50O6. The Morgan fingerprint density at radius 1 is 0.647 bits per heavy atom. The summed E-state index contributed by atoms with van der Waals surface area (Å²) in [4.78, 5) is 25.0. The lowest BCUT2D eigenvalue weighted by Crippen LogP contribution is -2.30. The fourth-order valence-corrected chi connectivity index (χ4v) is 5.38. The summed E-state index contributed by atoms with van der Waals surface area (Å²) < 4.78 is 22.4. The number of carbonyl (C=O) groups is 2. The van der Waals surface area contributed by atoms with Crippen molar-refractivity contribution < 1.29 is 28.5 Å². The zero-order chi connectivity index (χ0) is 25.1. The highest BCUT2D eigenvalue weighted by molar-refractivity contribution is 5.73. The largest absolute Gasteiger partial charge is 0.436 e. The number of hydrogen-bond donors (Lipinski definition) is 0. The van der Waals surface area contributed by atoms with Crippen LogP contribution in [0.4, 0.5) is 0 Å². The topological polar surface area (TPSA) is 71.1 Å². The van der Waals surface area contributed by atoms with E-state index in [9.17, 15) is 9.59 Å². The lowest BCUT2D eigenvalue weighted by Gasteiger charge is -2.31. The van der Waals surface area contributed by atoms with E-state index >= 15 is 0 Å². The summed E-state index contributed by atoms with van der Waals surface area (Å²) in [6.45, 7) is 13.5. The van der Waals surface area contributed by atoms with Crippen LogP contribution in [-0.2, 0) is 28.5 Å². The molecule has 198 valence electrons. The number of carbonyl (C=O) groups excluding carboxylic acids is 2. The average Bonchev–Trinajstić information content (AvgIpc) is 2.81. The number of esters is 2. The van der Waals surface area contributed by atoms with Crippen molar-refractivity contribution >= 4 is 11.9 Å². The molecule has 0 bridgehead atoms. The predicted octanol–water partition coefficient (Wildman–Crippen LogP) is 6.50. The molecule has 0 spiro atoms. The molecule has 34 heavy (non-hydrogen) atoms. The van der Waals surface area contributed by atoms with Gasteiger partial charge in [-0.3, -0.25) is 9.59 Å². The summed E-state index contributed by atoms with van der Waals surface area (Å²) in [5.74, 6) is 2.24. The molecule has 6 unspecified atom stereocenters. The first-order valence-electron chi connectivity index (χ1n) is 13.8. The summed E-state index contributed by atoms with van der Waals surface area (Å²) in [5.41, 5.74) is 0. The highest BCUT2D eigenvalue weighted by Crippen LogP contribution is 2.35. The quantitative estimate of drug-likeness (QED) is 0.169. The Morgan fingerprint density at radius 3 is 1.38 bits per heavy atom. The number of rotatable bonds is 13. The third kappa shape index (κ3) is 10.2. The molecular weight excluding hydrogens is 432 g/mol. The smallest absolute Gasteiger partial charge is 0.311 e. The van der Waals surface area contributed by atoms with Crippen molar-refractivity contribution in [3.05, 3.63) is 0 Å². The zero-order valence-electron chi connectivity index (χ0n) is 22.6. The first-order chi connectivity index (χ1) is 16.2. The second kappa shape index (κ2) is 15.1. The molecule has 2 fully saturated rings. The van der Waals surface area contributed by atoms with Crippen molar-refractivity contribution in [3.63, 3.8) is 0 Å². The third-order valence-corrected chi connectivity index (χ3v) is 7.79. The van der Waals surface area contributed by atoms with E-state index in [-0.39, 0.29) is 23.8 Å². The minimum Gasteiger partial charge on any atom is -0.436 e. The SMILES string of the molecule is CC(OCCCCOC(C)OC(=O)C1CCCC(C(C)C)C1)OC(=O)C1CCCC(C(C)C)C1. The van der Waals surface area contributed by atoms with Gasteiger partial charge >= 0.3 is 11.9 Å². The standard InChI is InChI=1S/C28H50O6/c1-19(2)23-11-9-13-25(17-23)27(29)33-21(5)31-15-7-8-16-32-22(6)34-28(30)26-14-10-12-24(18-26)20(3)4/h19-26H,7-18H2,1-6H3. The van der Waals surface area contributed by atoms with E-state index in [1.54, 1.807) is 13.8 Å². The van der Waals surface area contributed by atoms with Gasteiger partial charge in [-0.1, -0.05) is 53.4 Å². The van der Waals surface area contributed by atoms with Crippen LogP contribution in [0.3, 0.4) is 0 Å². The number of unbranched alkanes of at least 4 members (excludes halogenated alkanes) is 1. The Hall–Kier alpha value is -1.14. The van der Waals surface area contributed by atoms with E-state index < -0.39 is 12.6 Å². The summed E-state index contributed by atoms with van der Waals surface area (Å²) in [6.07, 6.45) is 8.87. The fourth-order valence-electron chi connectivity index (χ4n) is 5.38. The molecule has 2 rings (SSSR count). The molecule has 0 aromatic heterocycles. The van der Waals surface area contributed by atoms with Crippen molar-refractivity contribution in [3.8, 4) is 0 Å². The van der Waals surface area contributed by atoms with Gasteiger partial charge in [0, 0.05) is 0 Å². The number of ether oxygens (including phenoxy) is 4. The van der Waals surface area contributed by atoms with Crippen molar-refractivity contribution in [2.24, 2.45) is 35.5 Å². The summed E-state index contributed by atoms with van der Waals surface area (Å²) in [5, 5.41) is 0.